The molecule has 3 rings (SSSR count). The maximum Gasteiger partial charge on any atom is 0.257 e. The number of rotatable bonds is 5. The zero-order valence-corrected chi connectivity index (χ0v) is 18.4. The third kappa shape index (κ3) is 5.15. The molecule has 29 heavy (non-hydrogen) atoms. The second-order valence-corrected chi connectivity index (χ2v) is 9.31. The predicted molar refractivity (Wildman–Crippen MR) is 118 cm³/mol. The topological polar surface area (TPSA) is 34.9 Å². The van der Waals surface area contributed by atoms with Crippen molar-refractivity contribution in [1.82, 2.24) is 9.55 Å². The first-order chi connectivity index (χ1) is 13.6. The molecule has 0 aliphatic rings. The van der Waals surface area contributed by atoms with E-state index in [1.165, 1.54) is 23.3 Å². The van der Waals surface area contributed by atoms with Crippen LogP contribution >= 0.6 is 11.8 Å². The fourth-order valence-corrected chi connectivity index (χ4v) is 4.13. The molecule has 0 fully saturated rings. The average molecular weight is 411 g/mol. The molecule has 0 radical (unpaired) electrons. The summed E-state index contributed by atoms with van der Waals surface area (Å²) in [5.74, 6) is 0.447. The van der Waals surface area contributed by atoms with Crippen LogP contribution in [0.3, 0.4) is 0 Å². The Balaban J connectivity index is 1.78. The summed E-state index contributed by atoms with van der Waals surface area (Å²) in [6.07, 6.45) is 0.377. The first-order valence-corrected chi connectivity index (χ1v) is 10.7. The highest BCUT2D eigenvalue weighted by Crippen LogP contribution is 2.25. The van der Waals surface area contributed by atoms with Crippen LogP contribution in [0, 0.1) is 12.7 Å². The van der Waals surface area contributed by atoms with Crippen LogP contribution in [0.5, 0.6) is 0 Å². The molecule has 0 N–H and O–H groups in total. The van der Waals surface area contributed by atoms with Crippen molar-refractivity contribution in [3.63, 3.8) is 0 Å². The smallest absolute Gasteiger partial charge is 0.257 e. The number of nitrogens with zero attached hydrogens (tertiary/aromatic N) is 2. The number of aromatic nitrogens is 2. The van der Waals surface area contributed by atoms with E-state index in [4.69, 9.17) is 0 Å². The van der Waals surface area contributed by atoms with E-state index in [2.05, 4.69) is 50.0 Å². The summed E-state index contributed by atoms with van der Waals surface area (Å²) in [6.45, 7) is 8.44. The third-order valence-corrected chi connectivity index (χ3v) is 6.11. The number of hydrogen-bond donors (Lipinski definition) is 0. The molecule has 0 atom stereocenters. The van der Waals surface area contributed by atoms with E-state index in [0.717, 1.165) is 11.3 Å². The Morgan fingerprint density at radius 3 is 2.38 bits per heavy atom. The van der Waals surface area contributed by atoms with Crippen molar-refractivity contribution in [2.45, 2.75) is 50.4 Å². The first kappa shape index (κ1) is 21.3. The zero-order chi connectivity index (χ0) is 21.2. The Kier molecular flexibility index (Phi) is 6.27. The van der Waals surface area contributed by atoms with E-state index < -0.39 is 0 Å². The normalized spacial score (nSPS) is 11.7. The molecule has 3 aromatic rings. The predicted octanol–water partition coefficient (Wildman–Crippen LogP) is 5.41. The van der Waals surface area contributed by atoms with Crippen LogP contribution < -0.4 is 5.56 Å². The van der Waals surface area contributed by atoms with Gasteiger partial charge in [0.1, 0.15) is 5.82 Å². The van der Waals surface area contributed by atoms with Gasteiger partial charge in [0.25, 0.3) is 5.56 Å². The summed E-state index contributed by atoms with van der Waals surface area (Å²) in [5, 5.41) is 0.690. The molecule has 0 bridgehead atoms. The molecule has 0 spiro atoms. The monoisotopic (exact) mass is 410 g/mol. The van der Waals surface area contributed by atoms with Gasteiger partial charge in [-0.15, -0.1) is 0 Å². The number of hydrogen-bond acceptors (Lipinski definition) is 3. The zero-order valence-electron chi connectivity index (χ0n) is 17.6. The van der Waals surface area contributed by atoms with Crippen molar-refractivity contribution in [2.24, 2.45) is 7.05 Å². The molecule has 0 saturated carbocycles. The van der Waals surface area contributed by atoms with Crippen LogP contribution in [0.15, 0.2) is 58.5 Å². The lowest BCUT2D eigenvalue weighted by Gasteiger charge is -2.19. The molecule has 2 aromatic carbocycles. The van der Waals surface area contributed by atoms with E-state index in [-0.39, 0.29) is 16.8 Å². The molecular formula is C24H27FN2OS. The molecule has 0 unspecified atom stereocenters. The van der Waals surface area contributed by atoms with Crippen LogP contribution in [-0.4, -0.2) is 9.55 Å². The van der Waals surface area contributed by atoms with Crippen molar-refractivity contribution < 1.29 is 4.39 Å². The Morgan fingerprint density at radius 1 is 1.07 bits per heavy atom. The van der Waals surface area contributed by atoms with Crippen molar-refractivity contribution in [1.29, 1.82) is 0 Å². The van der Waals surface area contributed by atoms with Gasteiger partial charge >= 0.3 is 0 Å². The SMILES string of the molecule is Cc1nc(SCc2ccc(C(C)(C)C)cc2)n(C)c(=O)c1Cc1cccc(F)c1. The number of thioether (sulfide) groups is 1. The van der Waals surface area contributed by atoms with Gasteiger partial charge < -0.3 is 0 Å². The maximum atomic E-state index is 13.5. The van der Waals surface area contributed by atoms with Gasteiger partial charge in [0.2, 0.25) is 0 Å². The number of benzene rings is 2. The molecule has 1 heterocycles. The van der Waals surface area contributed by atoms with Crippen LogP contribution in [0.1, 0.15) is 48.7 Å². The molecule has 0 aliphatic carbocycles. The van der Waals surface area contributed by atoms with Gasteiger partial charge in [0.05, 0.1) is 0 Å². The minimum atomic E-state index is -0.297. The first-order valence-electron chi connectivity index (χ1n) is 9.68. The molecule has 0 aliphatic heterocycles. The molecule has 1 aromatic heterocycles. The van der Waals surface area contributed by atoms with Gasteiger partial charge in [0.15, 0.2) is 5.16 Å². The minimum Gasteiger partial charge on any atom is -0.291 e. The van der Waals surface area contributed by atoms with Crippen LogP contribution in [-0.2, 0) is 24.6 Å². The Morgan fingerprint density at radius 2 is 1.76 bits per heavy atom. The highest BCUT2D eigenvalue weighted by molar-refractivity contribution is 7.98. The largest absolute Gasteiger partial charge is 0.291 e. The van der Waals surface area contributed by atoms with E-state index in [9.17, 15) is 9.18 Å². The van der Waals surface area contributed by atoms with E-state index >= 15 is 0 Å². The molecule has 3 nitrogen and oxygen atoms in total. The van der Waals surface area contributed by atoms with Crippen molar-refractivity contribution >= 4 is 11.8 Å². The standard InChI is InChI=1S/C24H27FN2OS/c1-16-21(14-18-7-6-8-20(25)13-18)22(28)27(5)23(26-16)29-15-17-9-11-19(12-10-17)24(2,3)4/h6-13H,14-15H2,1-5H3. The summed E-state index contributed by atoms with van der Waals surface area (Å²) in [7, 11) is 1.74. The highest BCUT2D eigenvalue weighted by atomic mass is 32.2. The average Bonchev–Trinajstić information content (AvgIpc) is 2.67. The summed E-state index contributed by atoms with van der Waals surface area (Å²) in [4.78, 5) is 17.5. The van der Waals surface area contributed by atoms with E-state index in [1.54, 1.807) is 29.4 Å². The van der Waals surface area contributed by atoms with E-state index in [1.807, 2.05) is 13.0 Å². The third-order valence-electron chi connectivity index (χ3n) is 5.01. The second-order valence-electron chi connectivity index (χ2n) is 8.36. The molecule has 0 saturated heterocycles. The van der Waals surface area contributed by atoms with Gasteiger partial charge in [-0.05, 0) is 41.2 Å². The van der Waals surface area contributed by atoms with Crippen LogP contribution in [0.4, 0.5) is 4.39 Å². The van der Waals surface area contributed by atoms with Gasteiger partial charge in [-0.25, -0.2) is 9.37 Å². The number of aryl methyl sites for hydroxylation is 1. The van der Waals surface area contributed by atoms with Crippen molar-refractivity contribution in [3.05, 3.63) is 92.6 Å². The van der Waals surface area contributed by atoms with Gasteiger partial charge in [-0.2, -0.15) is 0 Å². The van der Waals surface area contributed by atoms with Crippen molar-refractivity contribution in [3.8, 4) is 0 Å². The summed E-state index contributed by atoms with van der Waals surface area (Å²) >= 11 is 1.55. The Bertz CT molecular complexity index is 1070. The van der Waals surface area contributed by atoms with Crippen LogP contribution in [0.25, 0.3) is 0 Å². The maximum absolute atomic E-state index is 13.5. The molecule has 5 heteroatoms. The number of halogens is 1. The highest BCUT2D eigenvalue weighted by Gasteiger charge is 2.15. The molecule has 0 amide bonds. The summed E-state index contributed by atoms with van der Waals surface area (Å²) in [6, 6.07) is 14.9. The second kappa shape index (κ2) is 8.54. The lowest BCUT2D eigenvalue weighted by molar-refractivity contribution is 0.590. The Labute approximate surface area is 176 Å². The lowest BCUT2D eigenvalue weighted by Crippen LogP contribution is -2.25. The molecular weight excluding hydrogens is 383 g/mol. The lowest BCUT2D eigenvalue weighted by atomic mass is 9.87. The van der Waals surface area contributed by atoms with E-state index in [0.29, 0.717) is 22.8 Å². The van der Waals surface area contributed by atoms with Crippen molar-refractivity contribution in [2.75, 3.05) is 0 Å². The summed E-state index contributed by atoms with van der Waals surface area (Å²) < 4.78 is 15.1. The Hall–Kier alpha value is -2.40. The fourth-order valence-electron chi connectivity index (χ4n) is 3.16. The van der Waals surface area contributed by atoms with Crippen LogP contribution in [0.2, 0.25) is 0 Å². The van der Waals surface area contributed by atoms with Gasteiger partial charge in [-0.3, -0.25) is 9.36 Å². The fraction of sp³-hybridized carbons (Fsp3) is 0.333. The summed E-state index contributed by atoms with van der Waals surface area (Å²) in [5.41, 5.74) is 4.62. The quantitative estimate of drug-likeness (QED) is 0.417. The molecule has 152 valence electrons. The van der Waals surface area contributed by atoms with Gasteiger partial charge in [-0.1, -0.05) is 68.9 Å². The van der Waals surface area contributed by atoms with Gasteiger partial charge in [0, 0.05) is 30.5 Å². The minimum absolute atomic E-state index is 0.0765.